The van der Waals surface area contributed by atoms with Gasteiger partial charge in [0.25, 0.3) is 0 Å². The van der Waals surface area contributed by atoms with E-state index in [0.717, 1.165) is 116 Å². The van der Waals surface area contributed by atoms with Crippen LogP contribution in [0.1, 0.15) is 194 Å². The van der Waals surface area contributed by atoms with Crippen LogP contribution in [0.2, 0.25) is 0 Å². The Bertz CT molecular complexity index is 1650. The molecule has 0 aliphatic carbocycles. The lowest BCUT2D eigenvalue weighted by Gasteiger charge is -2.40. The van der Waals surface area contributed by atoms with Gasteiger partial charge in [0.2, 0.25) is 5.91 Å². The molecule has 0 saturated carbocycles. The summed E-state index contributed by atoms with van der Waals surface area (Å²) in [7, 11) is 0. The summed E-state index contributed by atoms with van der Waals surface area (Å²) in [5.74, 6) is -0.201. The number of unbranched alkanes of at least 4 members (excludes halogenated alkanes) is 14. The summed E-state index contributed by atoms with van der Waals surface area (Å²) in [6.45, 7) is 3.56. The number of hydrogen-bond acceptors (Lipinski definition) is 8. The molecule has 9 nitrogen and oxygen atoms in total. The predicted octanol–water partition coefficient (Wildman–Crippen LogP) is 14.3. The first-order valence-electron chi connectivity index (χ1n) is 28.6. The first kappa shape index (κ1) is 67.1. The van der Waals surface area contributed by atoms with Crippen LogP contribution in [0.15, 0.2) is 146 Å². The molecule has 73 heavy (non-hydrogen) atoms. The van der Waals surface area contributed by atoms with E-state index in [1.807, 2.05) is 6.08 Å². The summed E-state index contributed by atoms with van der Waals surface area (Å²) in [5.41, 5.74) is 0. The Morgan fingerprint density at radius 1 is 0.479 bits per heavy atom. The fourth-order valence-electron chi connectivity index (χ4n) is 7.90. The summed E-state index contributed by atoms with van der Waals surface area (Å²) in [4.78, 5) is 13.0. The maximum Gasteiger partial charge on any atom is 0.220 e. The van der Waals surface area contributed by atoms with Gasteiger partial charge in [-0.2, -0.15) is 0 Å². The van der Waals surface area contributed by atoms with Crippen LogP contribution in [0.25, 0.3) is 0 Å². The van der Waals surface area contributed by atoms with Gasteiger partial charge in [0, 0.05) is 6.42 Å². The quantitative estimate of drug-likeness (QED) is 0.0261. The number of nitrogens with one attached hydrogen (secondary N) is 1. The molecule has 412 valence electrons. The van der Waals surface area contributed by atoms with Gasteiger partial charge >= 0.3 is 0 Å². The second-order valence-electron chi connectivity index (χ2n) is 19.0. The number of ether oxygens (including phenoxy) is 2. The van der Waals surface area contributed by atoms with Crippen molar-refractivity contribution in [2.45, 2.75) is 236 Å². The molecule has 7 unspecified atom stereocenters. The van der Waals surface area contributed by atoms with Crippen LogP contribution in [0, 0.1) is 0 Å². The highest BCUT2D eigenvalue weighted by Gasteiger charge is 2.44. The van der Waals surface area contributed by atoms with E-state index >= 15 is 0 Å². The van der Waals surface area contributed by atoms with Gasteiger partial charge in [-0.3, -0.25) is 4.79 Å². The van der Waals surface area contributed by atoms with Crippen molar-refractivity contribution in [3.05, 3.63) is 146 Å². The molecular formula is C64H103NO8. The van der Waals surface area contributed by atoms with Crippen LogP contribution >= 0.6 is 0 Å². The summed E-state index contributed by atoms with van der Waals surface area (Å²) in [6.07, 6.45) is 73.7. The van der Waals surface area contributed by atoms with Gasteiger partial charge in [0.1, 0.15) is 24.4 Å². The minimum Gasteiger partial charge on any atom is -0.394 e. The lowest BCUT2D eigenvalue weighted by molar-refractivity contribution is -0.302. The molecule has 1 aliphatic heterocycles. The van der Waals surface area contributed by atoms with E-state index < -0.39 is 49.5 Å². The van der Waals surface area contributed by atoms with E-state index in [1.165, 1.54) is 57.8 Å². The first-order chi connectivity index (χ1) is 35.8. The normalized spacial score (nSPS) is 20.2. The molecule has 0 spiro atoms. The van der Waals surface area contributed by atoms with E-state index in [4.69, 9.17) is 9.47 Å². The summed E-state index contributed by atoms with van der Waals surface area (Å²) in [6, 6.07) is -0.831. The van der Waals surface area contributed by atoms with Crippen LogP contribution in [-0.4, -0.2) is 87.5 Å². The maximum atomic E-state index is 13.0. The average Bonchev–Trinajstić information content (AvgIpc) is 3.39. The molecule has 1 heterocycles. The second-order valence-corrected chi connectivity index (χ2v) is 19.0. The number of carbonyl (C=O) groups excluding carboxylic acids is 1. The van der Waals surface area contributed by atoms with E-state index in [1.54, 1.807) is 6.08 Å². The molecule has 0 aromatic rings. The number of allylic oxidation sites excluding steroid dienone is 23. The molecule has 0 radical (unpaired) electrons. The Labute approximate surface area is 444 Å². The number of aliphatic hydroxyl groups is 5. The highest BCUT2D eigenvalue weighted by molar-refractivity contribution is 5.76. The topological polar surface area (TPSA) is 149 Å². The van der Waals surface area contributed by atoms with E-state index in [0.29, 0.717) is 6.42 Å². The minimum atomic E-state index is -1.58. The third-order valence-corrected chi connectivity index (χ3v) is 12.4. The van der Waals surface area contributed by atoms with Crippen molar-refractivity contribution in [1.29, 1.82) is 0 Å². The monoisotopic (exact) mass is 1010 g/mol. The smallest absolute Gasteiger partial charge is 0.220 e. The third-order valence-electron chi connectivity index (χ3n) is 12.4. The Balaban J connectivity index is 2.11. The van der Waals surface area contributed by atoms with Gasteiger partial charge in [0.15, 0.2) is 6.29 Å². The molecule has 1 aliphatic rings. The van der Waals surface area contributed by atoms with Gasteiger partial charge in [0.05, 0.1) is 25.4 Å². The molecule has 0 bridgehead atoms. The van der Waals surface area contributed by atoms with Gasteiger partial charge in [-0.25, -0.2) is 0 Å². The van der Waals surface area contributed by atoms with Crippen molar-refractivity contribution in [2.24, 2.45) is 0 Å². The number of carbonyl (C=O) groups is 1. The fraction of sp³-hybridized carbons (Fsp3) is 0.609. The second kappa shape index (κ2) is 51.6. The van der Waals surface area contributed by atoms with Crippen LogP contribution in [0.3, 0.4) is 0 Å². The Hall–Kier alpha value is -3.93. The molecule has 1 saturated heterocycles. The molecule has 9 heteroatoms. The summed E-state index contributed by atoms with van der Waals surface area (Å²) >= 11 is 0. The number of hydrogen-bond donors (Lipinski definition) is 6. The van der Waals surface area contributed by atoms with Crippen LogP contribution in [-0.2, 0) is 14.3 Å². The SMILES string of the molecule is CC/C=C\C/C=C\C/C=C\C/C=C\C/C=C\C/C=C\C/C=C\C/C=C\C/C=C\C/C=C\CCCCCCCCCCCCC(=O)NC(COC1OC(CO)C(O)C(O)C1O)C(O)/C=C/CC/C=C/CCCCC. The average molecular weight is 1010 g/mol. The number of aliphatic hydroxyl groups excluding tert-OH is 5. The predicted molar refractivity (Wildman–Crippen MR) is 308 cm³/mol. The zero-order valence-electron chi connectivity index (χ0n) is 45.6. The Kier molecular flexibility index (Phi) is 47.4. The van der Waals surface area contributed by atoms with Crippen molar-refractivity contribution in [3.63, 3.8) is 0 Å². The van der Waals surface area contributed by atoms with Crippen molar-refractivity contribution in [2.75, 3.05) is 13.2 Å². The third kappa shape index (κ3) is 41.1. The lowest BCUT2D eigenvalue weighted by Crippen LogP contribution is -2.60. The Morgan fingerprint density at radius 2 is 0.863 bits per heavy atom. The molecule has 1 rings (SSSR count). The van der Waals surface area contributed by atoms with Crippen LogP contribution in [0.4, 0.5) is 0 Å². The van der Waals surface area contributed by atoms with Crippen LogP contribution in [0.5, 0.6) is 0 Å². The van der Waals surface area contributed by atoms with E-state index in [-0.39, 0.29) is 12.5 Å². The number of amides is 1. The van der Waals surface area contributed by atoms with Crippen molar-refractivity contribution >= 4 is 5.91 Å². The molecular weight excluding hydrogens is 911 g/mol. The first-order valence-corrected chi connectivity index (χ1v) is 28.6. The highest BCUT2D eigenvalue weighted by Crippen LogP contribution is 2.22. The largest absolute Gasteiger partial charge is 0.394 e. The van der Waals surface area contributed by atoms with Gasteiger partial charge < -0.3 is 40.3 Å². The molecule has 0 aromatic heterocycles. The van der Waals surface area contributed by atoms with E-state index in [9.17, 15) is 30.3 Å². The molecule has 1 fully saturated rings. The number of rotatable bonds is 46. The molecule has 0 aromatic carbocycles. The van der Waals surface area contributed by atoms with E-state index in [2.05, 4.69) is 153 Å². The Morgan fingerprint density at radius 3 is 1.32 bits per heavy atom. The zero-order chi connectivity index (χ0) is 52.9. The standard InChI is InChI=1S/C64H103NO8/c1-3-5-7-9-11-13-14-15-16-17-18-19-20-21-22-23-24-25-26-27-28-29-30-31-32-33-34-35-36-37-38-39-40-41-42-43-44-46-48-50-52-54-60(68)65-57(58(67)53-51-49-47-45-12-10-8-6-4-2)56-72-64-63(71)62(70)61(69)59(55-66)73-64/h5,7,11-13,15-16,18-19,21-22,24-25,27-28,30-31,33-34,36-37,45,51,53,57-59,61-64,66-67,69-71H,3-4,6,8-10,14,17,20,23,26,29,32,35,38-44,46-50,52,54-56H2,1-2H3,(H,65,68)/b7-5-,13-11-,16-15-,19-18-,22-21-,25-24-,28-27-,31-30-,34-33-,37-36-,45-12+,53-51+. The maximum absolute atomic E-state index is 13.0. The lowest BCUT2D eigenvalue weighted by atomic mass is 9.99. The van der Waals surface area contributed by atoms with Crippen LogP contribution < -0.4 is 5.32 Å². The van der Waals surface area contributed by atoms with Crippen molar-refractivity contribution < 1.29 is 39.8 Å². The summed E-state index contributed by atoms with van der Waals surface area (Å²) in [5, 5.41) is 54.1. The summed E-state index contributed by atoms with van der Waals surface area (Å²) < 4.78 is 11.2. The van der Waals surface area contributed by atoms with Gasteiger partial charge in [-0.15, -0.1) is 0 Å². The minimum absolute atomic E-state index is 0.201. The van der Waals surface area contributed by atoms with Crippen molar-refractivity contribution in [1.82, 2.24) is 5.32 Å². The molecule has 7 atom stereocenters. The zero-order valence-corrected chi connectivity index (χ0v) is 45.6. The fourth-order valence-corrected chi connectivity index (χ4v) is 7.90. The van der Waals surface area contributed by atoms with Gasteiger partial charge in [-0.1, -0.05) is 224 Å². The highest BCUT2D eigenvalue weighted by atomic mass is 16.7. The van der Waals surface area contributed by atoms with Crippen molar-refractivity contribution in [3.8, 4) is 0 Å². The molecule has 1 amide bonds. The van der Waals surface area contributed by atoms with Gasteiger partial charge in [-0.05, 0) is 109 Å². The molecule has 6 N–H and O–H groups in total.